The first-order chi connectivity index (χ1) is 9.86. The molecule has 0 heterocycles. The fraction of sp³-hybridized carbons (Fsp3) is 0.294. The maximum absolute atomic E-state index is 9.03. The van der Waals surface area contributed by atoms with E-state index in [2.05, 4.69) is 0 Å². The van der Waals surface area contributed by atoms with Gasteiger partial charge < -0.3 is 14.6 Å². The van der Waals surface area contributed by atoms with Crippen molar-refractivity contribution < 1.29 is 14.6 Å². The van der Waals surface area contributed by atoms with Crippen LogP contribution in [0.15, 0.2) is 54.6 Å². The molecule has 0 radical (unpaired) electrons. The molecule has 2 rings (SSSR count). The summed E-state index contributed by atoms with van der Waals surface area (Å²) in [6.07, 6.45) is -0.230. The van der Waals surface area contributed by atoms with Crippen LogP contribution in [0.5, 0.6) is 5.75 Å². The fourth-order valence-electron chi connectivity index (χ4n) is 2.15. The molecular weight excluding hydrogens is 252 g/mol. The minimum absolute atomic E-state index is 0.000134. The summed E-state index contributed by atoms with van der Waals surface area (Å²) >= 11 is 0. The van der Waals surface area contributed by atoms with Crippen LogP contribution in [0, 0.1) is 0 Å². The van der Waals surface area contributed by atoms with Gasteiger partial charge in [0.1, 0.15) is 11.9 Å². The van der Waals surface area contributed by atoms with Crippen LogP contribution >= 0.6 is 0 Å². The van der Waals surface area contributed by atoms with Gasteiger partial charge in [-0.15, -0.1) is 0 Å². The average Bonchev–Trinajstić information content (AvgIpc) is 2.50. The second-order valence-electron chi connectivity index (χ2n) is 4.36. The lowest BCUT2D eigenvalue weighted by molar-refractivity contribution is 0.0486. The molecule has 2 aromatic carbocycles. The third kappa shape index (κ3) is 3.59. The summed E-state index contributed by atoms with van der Waals surface area (Å²) in [7, 11) is 0. The van der Waals surface area contributed by atoms with Gasteiger partial charge in [0.05, 0.1) is 19.8 Å². The third-order valence-corrected chi connectivity index (χ3v) is 2.98. The Morgan fingerprint density at radius 3 is 2.40 bits per heavy atom. The van der Waals surface area contributed by atoms with E-state index in [0.717, 1.165) is 16.9 Å². The zero-order valence-electron chi connectivity index (χ0n) is 11.7. The molecule has 0 saturated carbocycles. The van der Waals surface area contributed by atoms with E-state index < -0.39 is 0 Å². The number of rotatable bonds is 7. The molecule has 0 saturated heterocycles. The van der Waals surface area contributed by atoms with E-state index >= 15 is 0 Å². The van der Waals surface area contributed by atoms with Crippen molar-refractivity contribution >= 4 is 0 Å². The highest BCUT2D eigenvalue weighted by Gasteiger charge is 2.18. The highest BCUT2D eigenvalue weighted by Crippen LogP contribution is 2.32. The van der Waals surface area contributed by atoms with E-state index in [-0.39, 0.29) is 12.7 Å². The van der Waals surface area contributed by atoms with Crippen molar-refractivity contribution in [2.24, 2.45) is 0 Å². The number of aliphatic hydroxyl groups excluding tert-OH is 1. The topological polar surface area (TPSA) is 38.7 Å². The summed E-state index contributed by atoms with van der Waals surface area (Å²) in [5.74, 6) is 0.821. The van der Waals surface area contributed by atoms with Gasteiger partial charge in [0.15, 0.2) is 0 Å². The molecule has 106 valence electrons. The van der Waals surface area contributed by atoms with E-state index in [9.17, 15) is 0 Å². The van der Waals surface area contributed by atoms with Crippen LogP contribution < -0.4 is 4.74 Å². The second-order valence-corrected chi connectivity index (χ2v) is 4.36. The van der Waals surface area contributed by atoms with Crippen LogP contribution in [0.2, 0.25) is 0 Å². The summed E-state index contributed by atoms with van der Waals surface area (Å²) in [5, 5.41) is 9.03. The van der Waals surface area contributed by atoms with Crippen LogP contribution in [-0.4, -0.2) is 24.9 Å². The molecule has 0 aromatic heterocycles. The van der Waals surface area contributed by atoms with Crippen LogP contribution in [0.4, 0.5) is 0 Å². The zero-order valence-corrected chi connectivity index (χ0v) is 11.7. The molecule has 2 aromatic rings. The normalized spacial score (nSPS) is 12.1. The van der Waals surface area contributed by atoms with Gasteiger partial charge in [-0.2, -0.15) is 0 Å². The highest BCUT2D eigenvalue weighted by atomic mass is 16.5. The predicted molar refractivity (Wildman–Crippen MR) is 78.9 cm³/mol. The van der Waals surface area contributed by atoms with Crippen LogP contribution in [0.3, 0.4) is 0 Å². The van der Waals surface area contributed by atoms with E-state index in [1.165, 1.54) is 0 Å². The van der Waals surface area contributed by atoms with Gasteiger partial charge in [0, 0.05) is 5.56 Å². The first-order valence-electron chi connectivity index (χ1n) is 6.86. The van der Waals surface area contributed by atoms with Crippen molar-refractivity contribution in [2.45, 2.75) is 13.0 Å². The maximum Gasteiger partial charge on any atom is 0.125 e. The molecule has 0 bridgehead atoms. The number of para-hydroxylation sites is 1. The standard InChI is InChI=1S/C17H20O3/c1-2-19-16-11-7-6-10-15(16)17(20-13-12-18)14-8-4-3-5-9-14/h3-11,17-18H,2,12-13H2,1H3. The second kappa shape index (κ2) is 7.68. The number of hydrogen-bond donors (Lipinski definition) is 1. The SMILES string of the molecule is CCOc1ccccc1C(OCCO)c1ccccc1. The summed E-state index contributed by atoms with van der Waals surface area (Å²) in [6, 6.07) is 17.8. The van der Waals surface area contributed by atoms with E-state index in [4.69, 9.17) is 14.6 Å². The minimum atomic E-state index is -0.230. The first-order valence-corrected chi connectivity index (χ1v) is 6.86. The largest absolute Gasteiger partial charge is 0.493 e. The molecule has 3 heteroatoms. The predicted octanol–water partition coefficient (Wildman–Crippen LogP) is 3.18. The summed E-state index contributed by atoms with van der Waals surface area (Å²) < 4.78 is 11.5. The highest BCUT2D eigenvalue weighted by molar-refractivity contribution is 5.40. The van der Waals surface area contributed by atoms with Crippen molar-refractivity contribution in [3.63, 3.8) is 0 Å². The number of ether oxygens (including phenoxy) is 2. The van der Waals surface area contributed by atoms with Gasteiger partial charge in [0.2, 0.25) is 0 Å². The molecule has 20 heavy (non-hydrogen) atoms. The Balaban J connectivity index is 2.36. The Hall–Kier alpha value is -1.84. The fourth-order valence-corrected chi connectivity index (χ4v) is 2.15. The van der Waals surface area contributed by atoms with Gasteiger partial charge in [-0.25, -0.2) is 0 Å². The van der Waals surface area contributed by atoms with E-state index in [1.54, 1.807) is 0 Å². The van der Waals surface area contributed by atoms with Crippen molar-refractivity contribution in [3.05, 3.63) is 65.7 Å². The van der Waals surface area contributed by atoms with E-state index in [0.29, 0.717) is 13.2 Å². The molecule has 3 nitrogen and oxygen atoms in total. The quantitative estimate of drug-likeness (QED) is 0.841. The molecule has 0 aliphatic carbocycles. The lowest BCUT2D eigenvalue weighted by Gasteiger charge is -2.21. The Morgan fingerprint density at radius 2 is 1.70 bits per heavy atom. The van der Waals surface area contributed by atoms with Gasteiger partial charge in [-0.05, 0) is 18.6 Å². The van der Waals surface area contributed by atoms with Crippen molar-refractivity contribution in [2.75, 3.05) is 19.8 Å². The molecule has 0 amide bonds. The lowest BCUT2D eigenvalue weighted by atomic mass is 10.0. The van der Waals surface area contributed by atoms with Crippen molar-refractivity contribution in [1.82, 2.24) is 0 Å². The third-order valence-electron chi connectivity index (χ3n) is 2.98. The molecule has 0 aliphatic rings. The Labute approximate surface area is 119 Å². The molecule has 1 unspecified atom stereocenters. The maximum atomic E-state index is 9.03. The minimum Gasteiger partial charge on any atom is -0.493 e. The van der Waals surface area contributed by atoms with Crippen LogP contribution in [0.1, 0.15) is 24.2 Å². The number of aliphatic hydroxyl groups is 1. The van der Waals surface area contributed by atoms with Crippen LogP contribution in [-0.2, 0) is 4.74 Å². The summed E-state index contributed by atoms with van der Waals surface area (Å²) in [5.41, 5.74) is 2.03. The average molecular weight is 272 g/mol. The molecular formula is C17H20O3. The molecule has 0 spiro atoms. The van der Waals surface area contributed by atoms with Crippen molar-refractivity contribution in [1.29, 1.82) is 0 Å². The Bertz CT molecular complexity index is 511. The Kier molecular flexibility index (Phi) is 5.59. The molecule has 0 fully saturated rings. The van der Waals surface area contributed by atoms with Gasteiger partial charge in [0.25, 0.3) is 0 Å². The van der Waals surface area contributed by atoms with Crippen LogP contribution in [0.25, 0.3) is 0 Å². The molecule has 1 N–H and O–H groups in total. The monoisotopic (exact) mass is 272 g/mol. The summed E-state index contributed by atoms with van der Waals surface area (Å²) in [4.78, 5) is 0. The van der Waals surface area contributed by atoms with Gasteiger partial charge in [-0.3, -0.25) is 0 Å². The zero-order chi connectivity index (χ0) is 14.2. The molecule has 1 atom stereocenters. The van der Waals surface area contributed by atoms with Gasteiger partial charge in [-0.1, -0.05) is 48.5 Å². The smallest absolute Gasteiger partial charge is 0.125 e. The van der Waals surface area contributed by atoms with E-state index in [1.807, 2.05) is 61.5 Å². The Morgan fingerprint density at radius 1 is 1.00 bits per heavy atom. The first kappa shape index (κ1) is 14.6. The number of benzene rings is 2. The van der Waals surface area contributed by atoms with Crippen molar-refractivity contribution in [3.8, 4) is 5.75 Å². The van der Waals surface area contributed by atoms with Gasteiger partial charge >= 0.3 is 0 Å². The molecule has 0 aliphatic heterocycles. The lowest BCUT2D eigenvalue weighted by Crippen LogP contribution is -2.11. The summed E-state index contributed by atoms with van der Waals surface area (Å²) in [6.45, 7) is 2.86. The number of hydrogen-bond acceptors (Lipinski definition) is 3.